The average Bonchev–Trinajstić information content (AvgIpc) is 2.42. The van der Waals surface area contributed by atoms with Gasteiger partial charge >= 0.3 is 112 Å². The Morgan fingerprint density at radius 3 is 2.53 bits per heavy atom. The van der Waals surface area contributed by atoms with Gasteiger partial charge in [0, 0.05) is 0 Å². The summed E-state index contributed by atoms with van der Waals surface area (Å²) in [4.78, 5) is 11.9. The second kappa shape index (κ2) is 6.00. The van der Waals surface area contributed by atoms with E-state index in [9.17, 15) is 4.79 Å². The second-order valence-corrected chi connectivity index (χ2v) is 3.98. The molecule has 1 radical (unpaired) electrons. The number of esters is 1. The minimum absolute atomic E-state index is 0.403. The standard InChI is InChI=1S/C15H12BO3/c1-11-5-7-13(8-6-11)19-15(17)12-3-2-4-14(9-12)18-10-16/h2-10H,1H3. The number of hydrogen-bond acceptors (Lipinski definition) is 3. The van der Waals surface area contributed by atoms with E-state index in [1.54, 1.807) is 36.4 Å². The van der Waals surface area contributed by atoms with E-state index in [4.69, 9.17) is 17.0 Å². The van der Waals surface area contributed by atoms with Crippen molar-refractivity contribution in [2.75, 3.05) is 0 Å². The minimum atomic E-state index is -0.439. The maximum absolute atomic E-state index is 11.9. The van der Waals surface area contributed by atoms with Crippen LogP contribution < -0.4 is 9.47 Å². The number of ether oxygens (including phenoxy) is 2. The number of hydrogen-bond donors (Lipinski definition) is 0. The van der Waals surface area contributed by atoms with Gasteiger partial charge < -0.3 is 0 Å². The normalized spacial score (nSPS) is 9.68. The molecule has 0 aromatic heterocycles. The van der Waals surface area contributed by atoms with Gasteiger partial charge in [-0.1, -0.05) is 0 Å². The molecule has 0 aliphatic rings. The molecule has 0 saturated heterocycles. The van der Waals surface area contributed by atoms with Crippen molar-refractivity contribution < 1.29 is 14.3 Å². The van der Waals surface area contributed by atoms with Crippen molar-refractivity contribution >= 4 is 19.6 Å². The molecule has 0 bridgehead atoms. The summed E-state index contributed by atoms with van der Waals surface area (Å²) in [6.45, 7) is 1.97. The van der Waals surface area contributed by atoms with Crippen LogP contribution in [0.2, 0.25) is 0 Å². The summed E-state index contributed by atoms with van der Waals surface area (Å²) in [6, 6.07) is 13.9. The van der Waals surface area contributed by atoms with Gasteiger partial charge in [0.15, 0.2) is 0 Å². The van der Waals surface area contributed by atoms with Gasteiger partial charge in [-0.25, -0.2) is 0 Å². The molecule has 0 aliphatic carbocycles. The van der Waals surface area contributed by atoms with E-state index in [2.05, 4.69) is 0 Å². The van der Waals surface area contributed by atoms with Gasteiger partial charge in [-0.2, -0.15) is 0 Å². The molecule has 0 atom stereocenters. The van der Waals surface area contributed by atoms with E-state index < -0.39 is 5.97 Å². The number of carbonyl (C=O) groups excluding carboxylic acids is 1. The monoisotopic (exact) mass is 251 g/mol. The molecule has 2 aromatic carbocycles. The van der Waals surface area contributed by atoms with Crippen LogP contribution in [0.15, 0.2) is 48.5 Å². The first-order valence-corrected chi connectivity index (χ1v) is 5.78. The number of aryl methyl sites for hydroxylation is 1. The molecule has 0 amide bonds. The Bertz CT molecular complexity index is 591. The zero-order valence-electron chi connectivity index (χ0n) is 10.5. The molecule has 0 N–H and O–H groups in total. The van der Waals surface area contributed by atoms with Crippen molar-refractivity contribution in [3.63, 3.8) is 0 Å². The topological polar surface area (TPSA) is 35.5 Å². The first-order valence-electron chi connectivity index (χ1n) is 5.78. The molecular weight excluding hydrogens is 239 g/mol. The van der Waals surface area contributed by atoms with Crippen LogP contribution in [0, 0.1) is 6.92 Å². The summed E-state index contributed by atoms with van der Waals surface area (Å²) >= 11 is 0. The predicted molar refractivity (Wildman–Crippen MR) is 75.0 cm³/mol. The Balaban J connectivity index is 2.13. The number of benzene rings is 2. The zero-order valence-corrected chi connectivity index (χ0v) is 10.5. The van der Waals surface area contributed by atoms with Crippen LogP contribution in [-0.2, 0) is 0 Å². The number of rotatable bonds is 4. The molecule has 0 unspecified atom stereocenters. The van der Waals surface area contributed by atoms with Crippen LogP contribution in [0.25, 0.3) is 0 Å². The van der Waals surface area contributed by atoms with Crippen LogP contribution in [0.1, 0.15) is 15.9 Å². The van der Waals surface area contributed by atoms with Gasteiger partial charge in [-0.3, -0.25) is 0 Å². The van der Waals surface area contributed by atoms with E-state index in [-0.39, 0.29) is 0 Å². The van der Waals surface area contributed by atoms with Crippen molar-refractivity contribution in [3.8, 4) is 11.5 Å². The SMILES string of the molecule is [B]=COc1cccc(C(=O)Oc2ccc(C)cc2)c1. The summed E-state index contributed by atoms with van der Waals surface area (Å²) < 4.78 is 10.3. The molecule has 0 heterocycles. The Kier molecular flexibility index (Phi) is 4.13. The van der Waals surface area contributed by atoms with E-state index in [1.807, 2.05) is 19.1 Å². The third kappa shape index (κ3) is 3.55. The third-order valence-electron chi connectivity index (χ3n) is 2.51. The van der Waals surface area contributed by atoms with Crippen molar-refractivity contribution in [2.45, 2.75) is 6.92 Å². The van der Waals surface area contributed by atoms with Crippen LogP contribution in [-0.4, -0.2) is 19.6 Å². The Morgan fingerprint density at radius 1 is 1.11 bits per heavy atom. The zero-order chi connectivity index (χ0) is 13.7. The molecule has 93 valence electrons. The van der Waals surface area contributed by atoms with Crippen molar-refractivity contribution in [2.24, 2.45) is 0 Å². The fourth-order valence-corrected chi connectivity index (χ4v) is 1.55. The van der Waals surface area contributed by atoms with Crippen LogP contribution in [0.4, 0.5) is 0 Å². The fourth-order valence-electron chi connectivity index (χ4n) is 1.55. The first kappa shape index (κ1) is 13.1. The molecule has 2 rings (SSSR count). The summed E-state index contributed by atoms with van der Waals surface area (Å²) in [5, 5.41) is 0. The van der Waals surface area contributed by atoms with Gasteiger partial charge in [0.2, 0.25) is 0 Å². The van der Waals surface area contributed by atoms with E-state index in [0.29, 0.717) is 17.1 Å². The Labute approximate surface area is 112 Å². The summed E-state index contributed by atoms with van der Waals surface area (Å²) in [6.07, 6.45) is 1.06. The third-order valence-corrected chi connectivity index (χ3v) is 2.51. The van der Waals surface area contributed by atoms with E-state index in [1.165, 1.54) is 0 Å². The molecule has 0 saturated carbocycles. The summed E-state index contributed by atoms with van der Waals surface area (Å²) in [5.74, 6) is 0.555. The van der Waals surface area contributed by atoms with Crippen molar-refractivity contribution in [3.05, 3.63) is 59.7 Å². The summed E-state index contributed by atoms with van der Waals surface area (Å²) in [5.41, 5.74) is 1.51. The second-order valence-electron chi connectivity index (χ2n) is 3.98. The maximum atomic E-state index is 11.9. The molecule has 0 fully saturated rings. The molecule has 2 aromatic rings. The van der Waals surface area contributed by atoms with Gasteiger partial charge in [-0.05, 0) is 0 Å². The van der Waals surface area contributed by atoms with Gasteiger partial charge in [0.1, 0.15) is 0 Å². The van der Waals surface area contributed by atoms with Crippen LogP contribution >= 0.6 is 0 Å². The fraction of sp³-hybridized carbons (Fsp3) is 0.0667. The molecule has 19 heavy (non-hydrogen) atoms. The van der Waals surface area contributed by atoms with Gasteiger partial charge in [-0.15, -0.1) is 0 Å². The predicted octanol–water partition coefficient (Wildman–Crippen LogP) is 2.52. The summed E-state index contributed by atoms with van der Waals surface area (Å²) in [7, 11) is 5.16. The van der Waals surface area contributed by atoms with E-state index in [0.717, 1.165) is 11.7 Å². The molecule has 3 nitrogen and oxygen atoms in total. The first-order chi connectivity index (χ1) is 9.19. The molecule has 0 aliphatic heterocycles. The molecule has 4 heteroatoms. The quantitative estimate of drug-likeness (QED) is 0.475. The number of carbonyl (C=O) groups is 1. The Hall–Kier alpha value is -2.36. The van der Waals surface area contributed by atoms with Gasteiger partial charge in [0.05, 0.1) is 0 Å². The molecular formula is C15H12BO3. The van der Waals surface area contributed by atoms with Crippen molar-refractivity contribution in [1.82, 2.24) is 0 Å². The van der Waals surface area contributed by atoms with Crippen molar-refractivity contribution in [1.29, 1.82) is 0 Å². The van der Waals surface area contributed by atoms with Gasteiger partial charge in [0.25, 0.3) is 0 Å². The average molecular weight is 251 g/mol. The van der Waals surface area contributed by atoms with Crippen LogP contribution in [0.5, 0.6) is 11.5 Å². The molecule has 0 spiro atoms. The van der Waals surface area contributed by atoms with Crippen LogP contribution in [0.3, 0.4) is 0 Å². The van der Waals surface area contributed by atoms with E-state index >= 15 is 0 Å². The Morgan fingerprint density at radius 2 is 1.84 bits per heavy atom.